The number of benzene rings is 1. The molecule has 2 aliphatic rings. The zero-order valence-electron chi connectivity index (χ0n) is 18.1. The molecule has 0 N–H and O–H groups in total. The number of fused-ring (bicyclic) bond motifs is 1. The van der Waals surface area contributed by atoms with Crippen LogP contribution in [-0.2, 0) is 16.6 Å². The summed E-state index contributed by atoms with van der Waals surface area (Å²) < 4.78 is 40.7. The zero-order valence-corrected chi connectivity index (χ0v) is 18.9. The number of carbonyl (C=O) groups is 1. The summed E-state index contributed by atoms with van der Waals surface area (Å²) in [4.78, 5) is 14.4. The Bertz CT molecular complexity index is 1080. The van der Waals surface area contributed by atoms with E-state index in [1.807, 2.05) is 6.07 Å². The Kier molecular flexibility index (Phi) is 5.94. The summed E-state index contributed by atoms with van der Waals surface area (Å²) in [5.74, 6) is 0.619. The number of nitrogens with zero attached hydrogens (tertiary/aromatic N) is 4. The zero-order chi connectivity index (χ0) is 22.2. The fourth-order valence-corrected chi connectivity index (χ4v) is 5.95. The highest BCUT2D eigenvalue weighted by Gasteiger charge is 2.35. The Morgan fingerprint density at radius 2 is 1.87 bits per heavy atom. The number of hydrogen-bond acceptors (Lipinski definition) is 6. The van der Waals surface area contributed by atoms with Crippen LogP contribution in [-0.4, -0.2) is 74.2 Å². The van der Waals surface area contributed by atoms with Crippen LogP contribution in [0.5, 0.6) is 11.5 Å². The molecule has 10 heteroatoms. The lowest BCUT2D eigenvalue weighted by Gasteiger charge is -2.31. The molecule has 1 fully saturated rings. The fraction of sp³-hybridized carbons (Fsp3) is 0.524. The van der Waals surface area contributed by atoms with E-state index >= 15 is 0 Å². The maximum absolute atomic E-state index is 13.5. The molecule has 168 valence electrons. The average molecular weight is 449 g/mol. The molecule has 1 amide bonds. The maximum atomic E-state index is 13.5. The minimum Gasteiger partial charge on any atom is -0.497 e. The quantitative estimate of drug-likeness (QED) is 0.694. The summed E-state index contributed by atoms with van der Waals surface area (Å²) in [5, 5.41) is 4.67. The number of hydrogen-bond donors (Lipinski definition) is 0. The molecular formula is C21H28N4O5S. The van der Waals surface area contributed by atoms with E-state index in [-0.39, 0.29) is 22.5 Å². The lowest BCUT2D eigenvalue weighted by Crippen LogP contribution is -2.39. The topological polar surface area (TPSA) is 94.0 Å². The Morgan fingerprint density at radius 1 is 1.06 bits per heavy atom. The Labute approximate surface area is 182 Å². The van der Waals surface area contributed by atoms with E-state index in [0.29, 0.717) is 44.0 Å². The van der Waals surface area contributed by atoms with E-state index in [9.17, 15) is 13.2 Å². The van der Waals surface area contributed by atoms with Crippen molar-refractivity contribution in [3.8, 4) is 11.5 Å². The van der Waals surface area contributed by atoms with Crippen LogP contribution in [0.15, 0.2) is 29.2 Å². The van der Waals surface area contributed by atoms with Crippen LogP contribution >= 0.6 is 0 Å². The van der Waals surface area contributed by atoms with Crippen molar-refractivity contribution in [2.75, 3.05) is 40.9 Å². The van der Waals surface area contributed by atoms with E-state index in [1.54, 1.807) is 28.8 Å². The molecule has 4 rings (SSSR count). The molecule has 0 saturated carbocycles. The smallest absolute Gasteiger partial charge is 0.271 e. The van der Waals surface area contributed by atoms with Gasteiger partial charge in [-0.2, -0.15) is 9.40 Å². The molecule has 9 nitrogen and oxygen atoms in total. The first-order valence-electron chi connectivity index (χ1n) is 10.4. The third-order valence-electron chi connectivity index (χ3n) is 6.02. The second-order valence-corrected chi connectivity index (χ2v) is 9.88. The summed E-state index contributed by atoms with van der Waals surface area (Å²) >= 11 is 0. The number of methoxy groups -OCH3 is 2. The molecule has 0 aliphatic carbocycles. The monoisotopic (exact) mass is 448 g/mol. The van der Waals surface area contributed by atoms with Crippen molar-refractivity contribution >= 4 is 15.9 Å². The number of rotatable bonds is 5. The van der Waals surface area contributed by atoms with Gasteiger partial charge < -0.3 is 14.4 Å². The molecule has 1 saturated heterocycles. The van der Waals surface area contributed by atoms with E-state index < -0.39 is 10.0 Å². The summed E-state index contributed by atoms with van der Waals surface area (Å²) in [6, 6.07) is 6.59. The first kappa shape index (κ1) is 21.6. The Hall–Kier alpha value is -2.59. The highest BCUT2D eigenvalue weighted by Crippen LogP contribution is 2.35. The molecule has 3 heterocycles. The van der Waals surface area contributed by atoms with Gasteiger partial charge in [-0.1, -0.05) is 0 Å². The molecule has 0 spiro atoms. The second kappa shape index (κ2) is 8.51. The number of amides is 1. The number of aromatic nitrogens is 2. The highest BCUT2D eigenvalue weighted by molar-refractivity contribution is 7.89. The lowest BCUT2D eigenvalue weighted by molar-refractivity contribution is 0.0796. The highest BCUT2D eigenvalue weighted by atomic mass is 32.2. The van der Waals surface area contributed by atoms with Crippen molar-refractivity contribution in [3.63, 3.8) is 0 Å². The maximum Gasteiger partial charge on any atom is 0.271 e. The molecule has 1 atom stereocenters. The molecular weight excluding hydrogens is 420 g/mol. The van der Waals surface area contributed by atoms with Crippen molar-refractivity contribution in [2.24, 2.45) is 0 Å². The molecule has 1 aromatic carbocycles. The van der Waals surface area contributed by atoms with Crippen molar-refractivity contribution in [1.82, 2.24) is 19.0 Å². The number of ether oxygens (including phenoxy) is 2. The second-order valence-electron chi connectivity index (χ2n) is 7.98. The van der Waals surface area contributed by atoms with Crippen molar-refractivity contribution in [1.29, 1.82) is 0 Å². The summed E-state index contributed by atoms with van der Waals surface area (Å²) in [6.07, 6.45) is 2.38. The van der Waals surface area contributed by atoms with E-state index in [1.165, 1.54) is 24.6 Å². The summed E-state index contributed by atoms with van der Waals surface area (Å²) in [7, 11) is 0.953. The predicted octanol–water partition coefficient (Wildman–Crippen LogP) is 1.94. The van der Waals surface area contributed by atoms with Gasteiger partial charge in [-0.25, -0.2) is 8.42 Å². The van der Waals surface area contributed by atoms with Gasteiger partial charge in [0.25, 0.3) is 5.91 Å². The predicted molar refractivity (Wildman–Crippen MR) is 114 cm³/mol. The first-order chi connectivity index (χ1) is 14.8. The minimum absolute atomic E-state index is 0.0438. The summed E-state index contributed by atoms with van der Waals surface area (Å²) in [6.45, 7) is 2.12. The van der Waals surface area contributed by atoms with E-state index in [0.717, 1.165) is 18.5 Å². The van der Waals surface area contributed by atoms with Gasteiger partial charge >= 0.3 is 0 Å². The molecule has 2 aromatic rings. The van der Waals surface area contributed by atoms with Gasteiger partial charge in [0, 0.05) is 45.2 Å². The molecule has 0 bridgehead atoms. The Balaban J connectivity index is 1.62. The van der Waals surface area contributed by atoms with Gasteiger partial charge in [0.05, 0.1) is 19.9 Å². The largest absolute Gasteiger partial charge is 0.497 e. The molecule has 31 heavy (non-hydrogen) atoms. The van der Waals surface area contributed by atoms with Crippen molar-refractivity contribution in [3.05, 3.63) is 35.7 Å². The number of aryl methyl sites for hydroxylation is 1. The minimum atomic E-state index is -3.79. The number of sulfonamides is 1. The van der Waals surface area contributed by atoms with Gasteiger partial charge in [-0.15, -0.1) is 0 Å². The normalized spacial score (nSPS) is 20.3. The van der Waals surface area contributed by atoms with Crippen LogP contribution in [0.4, 0.5) is 0 Å². The van der Waals surface area contributed by atoms with Crippen molar-refractivity contribution in [2.45, 2.75) is 36.6 Å². The van der Waals surface area contributed by atoms with Gasteiger partial charge in [-0.05, 0) is 37.5 Å². The van der Waals surface area contributed by atoms with Crippen molar-refractivity contribution < 1.29 is 22.7 Å². The third-order valence-corrected chi connectivity index (χ3v) is 7.91. The van der Waals surface area contributed by atoms with Gasteiger partial charge in [0.2, 0.25) is 10.0 Å². The number of carbonyl (C=O) groups excluding carboxylic acids is 1. The Morgan fingerprint density at radius 3 is 2.61 bits per heavy atom. The van der Waals surface area contributed by atoms with E-state index in [4.69, 9.17) is 9.47 Å². The van der Waals surface area contributed by atoms with Crippen LogP contribution in [0, 0.1) is 0 Å². The van der Waals surface area contributed by atoms with Crippen LogP contribution in [0.1, 0.15) is 41.4 Å². The molecule has 1 unspecified atom stereocenters. The van der Waals surface area contributed by atoms with Gasteiger partial charge in [0.15, 0.2) is 0 Å². The van der Waals surface area contributed by atoms with Gasteiger partial charge in [0.1, 0.15) is 22.1 Å². The van der Waals surface area contributed by atoms with Crippen LogP contribution in [0.3, 0.4) is 0 Å². The van der Waals surface area contributed by atoms with E-state index in [2.05, 4.69) is 5.10 Å². The lowest BCUT2D eigenvalue weighted by atomic mass is 9.96. The standard InChI is InChI=1S/C21H28N4O5S/c1-23-9-5-11-25-18(21(23)26)13-17(22-25)15-6-4-10-24(14-15)31(27,28)20-12-16(29-2)7-8-19(20)30-3/h7-8,12-13,15H,4-6,9-11,14H2,1-3H3. The third kappa shape index (κ3) is 4.01. The summed E-state index contributed by atoms with van der Waals surface area (Å²) in [5.41, 5.74) is 1.35. The molecule has 1 aromatic heterocycles. The average Bonchev–Trinajstić information content (AvgIpc) is 3.17. The fourth-order valence-electron chi connectivity index (χ4n) is 4.26. The molecule has 2 aliphatic heterocycles. The first-order valence-corrected chi connectivity index (χ1v) is 11.8. The van der Waals surface area contributed by atoms with Crippen LogP contribution in [0.2, 0.25) is 0 Å². The van der Waals surface area contributed by atoms with Crippen LogP contribution < -0.4 is 9.47 Å². The van der Waals surface area contributed by atoms with Gasteiger partial charge in [-0.3, -0.25) is 9.48 Å². The SMILES string of the molecule is COc1ccc(OC)c(S(=O)(=O)N2CCCC(c3cc4n(n3)CCCN(C)C4=O)C2)c1. The molecule has 0 radical (unpaired) electrons. The van der Waals surface area contributed by atoms with Crippen LogP contribution in [0.25, 0.3) is 0 Å². The number of piperidine rings is 1.